The van der Waals surface area contributed by atoms with Crippen molar-refractivity contribution in [2.75, 3.05) is 5.32 Å². The number of carboxylic acid groups (broad SMARTS) is 1. The van der Waals surface area contributed by atoms with Crippen molar-refractivity contribution in [3.05, 3.63) is 59.2 Å². The molecule has 2 N–H and O–H groups in total. The monoisotopic (exact) mass is 419 g/mol. The molecule has 11 heteroatoms. The van der Waals surface area contributed by atoms with Gasteiger partial charge in [-0.15, -0.1) is 0 Å². The van der Waals surface area contributed by atoms with Crippen LogP contribution in [0.1, 0.15) is 28.2 Å². The zero-order valence-electron chi connectivity index (χ0n) is 16.2. The Morgan fingerprint density at radius 1 is 1.27 bits per heavy atom. The summed E-state index contributed by atoms with van der Waals surface area (Å²) in [6.45, 7) is 3.49. The highest BCUT2D eigenvalue weighted by molar-refractivity contribution is 5.91. The number of amides is 1. The van der Waals surface area contributed by atoms with Crippen molar-refractivity contribution in [3.63, 3.8) is 0 Å². The molecule has 0 aliphatic rings. The zero-order chi connectivity index (χ0) is 21.8. The van der Waals surface area contributed by atoms with Crippen LogP contribution >= 0.6 is 0 Å². The van der Waals surface area contributed by atoms with Gasteiger partial charge in [-0.25, -0.2) is 18.3 Å². The smallest absolute Gasteiger partial charge is 0.338 e. The zero-order valence-corrected chi connectivity index (χ0v) is 16.2. The molecule has 0 aliphatic carbocycles. The lowest BCUT2D eigenvalue weighted by molar-refractivity contribution is -0.116. The second kappa shape index (κ2) is 8.72. The molecule has 1 aromatic carbocycles. The normalized spacial score (nSPS) is 10.8. The number of carbonyl (C=O) groups is 2. The van der Waals surface area contributed by atoms with Gasteiger partial charge in [0.15, 0.2) is 18.3 Å². The van der Waals surface area contributed by atoms with Gasteiger partial charge in [0.25, 0.3) is 0 Å². The van der Waals surface area contributed by atoms with Gasteiger partial charge in [-0.3, -0.25) is 9.48 Å². The van der Waals surface area contributed by atoms with Gasteiger partial charge in [-0.2, -0.15) is 10.2 Å². The van der Waals surface area contributed by atoms with Crippen LogP contribution in [0.5, 0.6) is 5.75 Å². The number of anilines is 1. The van der Waals surface area contributed by atoms with E-state index in [-0.39, 0.29) is 36.9 Å². The number of ether oxygens (including phenoxy) is 1. The first-order valence-electron chi connectivity index (χ1n) is 8.92. The van der Waals surface area contributed by atoms with Crippen molar-refractivity contribution < 1.29 is 28.2 Å². The fourth-order valence-electron chi connectivity index (χ4n) is 2.74. The van der Waals surface area contributed by atoms with E-state index in [1.54, 1.807) is 13.8 Å². The molecule has 0 fully saturated rings. The molecule has 30 heavy (non-hydrogen) atoms. The van der Waals surface area contributed by atoms with Crippen molar-refractivity contribution in [2.24, 2.45) is 0 Å². The number of aryl methyl sites for hydroxylation is 2. The highest BCUT2D eigenvalue weighted by Crippen LogP contribution is 2.22. The molecule has 0 atom stereocenters. The summed E-state index contributed by atoms with van der Waals surface area (Å²) in [6.07, 6.45) is 2.63. The highest BCUT2D eigenvalue weighted by atomic mass is 19.1. The van der Waals surface area contributed by atoms with E-state index in [2.05, 4.69) is 15.5 Å². The molecule has 0 unspecified atom stereocenters. The second-order valence-corrected chi connectivity index (χ2v) is 6.49. The minimum Gasteiger partial charge on any atom is -0.478 e. The van der Waals surface area contributed by atoms with Crippen molar-refractivity contribution in [1.82, 2.24) is 19.6 Å². The third-order valence-electron chi connectivity index (χ3n) is 4.33. The Morgan fingerprint density at radius 2 is 2.03 bits per heavy atom. The average Bonchev–Trinajstić information content (AvgIpc) is 3.26. The van der Waals surface area contributed by atoms with Crippen molar-refractivity contribution >= 4 is 17.6 Å². The molecule has 0 radical (unpaired) electrons. The predicted octanol–water partition coefficient (Wildman–Crippen LogP) is 2.74. The van der Waals surface area contributed by atoms with Crippen LogP contribution in [0.2, 0.25) is 0 Å². The third-order valence-corrected chi connectivity index (χ3v) is 4.33. The Morgan fingerprint density at radius 3 is 2.70 bits per heavy atom. The number of nitrogens with one attached hydrogen (secondary N) is 1. The van der Waals surface area contributed by atoms with Gasteiger partial charge >= 0.3 is 5.97 Å². The van der Waals surface area contributed by atoms with E-state index < -0.39 is 17.6 Å². The largest absolute Gasteiger partial charge is 0.478 e. The van der Waals surface area contributed by atoms with Gasteiger partial charge in [-0.1, -0.05) is 0 Å². The maximum absolute atomic E-state index is 13.7. The van der Waals surface area contributed by atoms with Crippen molar-refractivity contribution in [3.8, 4) is 5.75 Å². The summed E-state index contributed by atoms with van der Waals surface area (Å²) in [4.78, 5) is 23.1. The molecule has 0 spiro atoms. The Balaban J connectivity index is 1.60. The highest BCUT2D eigenvalue weighted by Gasteiger charge is 2.16. The Hall–Kier alpha value is -3.76. The fraction of sp³-hybridized carbons (Fsp3) is 0.263. The first kappa shape index (κ1) is 21.0. The Kier molecular flexibility index (Phi) is 6.09. The van der Waals surface area contributed by atoms with Crippen molar-refractivity contribution in [1.29, 1.82) is 0 Å². The molecule has 0 saturated carbocycles. The molecule has 9 nitrogen and oxygen atoms in total. The standard InChI is InChI=1S/C19H19F2N5O4/c1-11-18(23-17(27)5-6-25-9-13(8-22-25)19(28)29)12(2)26(24-11)10-30-16-4-3-14(20)7-15(16)21/h3-4,7-9H,5-6,10H2,1-2H3,(H,23,27)(H,28,29). The number of aromatic carboxylic acids is 1. The molecule has 1 amide bonds. The van der Waals surface area contributed by atoms with Crippen LogP contribution in [0.25, 0.3) is 0 Å². The number of nitrogens with zero attached hydrogens (tertiary/aromatic N) is 4. The molecular formula is C19H19F2N5O4. The summed E-state index contributed by atoms with van der Waals surface area (Å²) in [5.41, 5.74) is 1.67. The van der Waals surface area contributed by atoms with E-state index in [9.17, 15) is 18.4 Å². The van der Waals surface area contributed by atoms with Gasteiger partial charge < -0.3 is 15.2 Å². The van der Waals surface area contributed by atoms with E-state index in [1.165, 1.54) is 27.8 Å². The van der Waals surface area contributed by atoms with E-state index in [1.807, 2.05) is 0 Å². The van der Waals surface area contributed by atoms with Gasteiger partial charge in [0.1, 0.15) is 5.82 Å². The average molecular weight is 419 g/mol. The lowest BCUT2D eigenvalue weighted by Crippen LogP contribution is -2.16. The third kappa shape index (κ3) is 4.80. The van der Waals surface area contributed by atoms with E-state index in [0.29, 0.717) is 17.1 Å². The van der Waals surface area contributed by atoms with Gasteiger partial charge in [0, 0.05) is 25.2 Å². The number of halogens is 2. The summed E-state index contributed by atoms with van der Waals surface area (Å²) in [5.74, 6) is -3.04. The lowest BCUT2D eigenvalue weighted by Gasteiger charge is -2.09. The molecule has 158 valence electrons. The summed E-state index contributed by atoms with van der Waals surface area (Å²) in [7, 11) is 0. The maximum Gasteiger partial charge on any atom is 0.338 e. The number of hydrogen-bond acceptors (Lipinski definition) is 5. The second-order valence-electron chi connectivity index (χ2n) is 6.49. The molecule has 2 aromatic heterocycles. The predicted molar refractivity (Wildman–Crippen MR) is 101 cm³/mol. The van der Waals surface area contributed by atoms with Gasteiger partial charge in [-0.05, 0) is 26.0 Å². The van der Waals surface area contributed by atoms with E-state index >= 15 is 0 Å². The molecule has 3 rings (SSSR count). The van der Waals surface area contributed by atoms with Crippen LogP contribution in [0.4, 0.5) is 14.5 Å². The number of aromatic nitrogens is 4. The SMILES string of the molecule is Cc1nn(COc2ccc(F)cc2F)c(C)c1NC(=O)CCn1cc(C(=O)O)cn1. The fourth-order valence-corrected chi connectivity index (χ4v) is 2.74. The minimum absolute atomic E-state index is 0.0426. The van der Waals surface area contributed by atoms with Crippen LogP contribution < -0.4 is 10.1 Å². The summed E-state index contributed by atoms with van der Waals surface area (Å²) in [6, 6.07) is 3.00. The van der Waals surface area contributed by atoms with Gasteiger partial charge in [0.2, 0.25) is 5.91 Å². The number of rotatable bonds is 8. The Bertz CT molecular complexity index is 1090. The van der Waals surface area contributed by atoms with Gasteiger partial charge in [0.05, 0.1) is 28.8 Å². The quantitative estimate of drug-likeness (QED) is 0.581. The number of carboxylic acids is 1. The van der Waals surface area contributed by atoms with Crippen LogP contribution in [-0.2, 0) is 18.1 Å². The van der Waals surface area contributed by atoms with Crippen molar-refractivity contribution in [2.45, 2.75) is 33.5 Å². The summed E-state index contributed by atoms with van der Waals surface area (Å²) >= 11 is 0. The van der Waals surface area contributed by atoms with Crippen LogP contribution in [0.3, 0.4) is 0 Å². The van der Waals surface area contributed by atoms with Crippen LogP contribution in [0.15, 0.2) is 30.6 Å². The number of carbonyl (C=O) groups excluding carboxylic acids is 1. The first-order valence-corrected chi connectivity index (χ1v) is 8.92. The molecule has 0 aliphatic heterocycles. The molecule has 3 aromatic rings. The van der Waals surface area contributed by atoms with E-state index in [4.69, 9.17) is 9.84 Å². The maximum atomic E-state index is 13.7. The summed E-state index contributed by atoms with van der Waals surface area (Å²) < 4.78 is 34.8. The first-order chi connectivity index (χ1) is 14.2. The number of benzene rings is 1. The van der Waals surface area contributed by atoms with Crippen LogP contribution in [0, 0.1) is 25.5 Å². The van der Waals surface area contributed by atoms with Crippen LogP contribution in [-0.4, -0.2) is 36.5 Å². The molecular weight excluding hydrogens is 400 g/mol. The molecule has 0 bridgehead atoms. The summed E-state index contributed by atoms with van der Waals surface area (Å²) in [5, 5.41) is 19.8. The molecule has 0 saturated heterocycles. The van der Waals surface area contributed by atoms with E-state index in [0.717, 1.165) is 12.1 Å². The topological polar surface area (TPSA) is 111 Å². The minimum atomic E-state index is -1.09. The number of hydrogen-bond donors (Lipinski definition) is 2. The lowest BCUT2D eigenvalue weighted by atomic mass is 10.3. The molecule has 2 heterocycles. The Labute approximate surface area is 169 Å².